The first kappa shape index (κ1) is 21.9. The van der Waals surface area contributed by atoms with Gasteiger partial charge in [-0.05, 0) is 18.2 Å². The summed E-state index contributed by atoms with van der Waals surface area (Å²) in [4.78, 5) is 32.9. The lowest BCUT2D eigenvalue weighted by Crippen LogP contribution is -2.39. The summed E-state index contributed by atoms with van der Waals surface area (Å²) >= 11 is 4.68. The molecule has 2 aliphatic rings. The molecule has 0 aliphatic carbocycles. The van der Waals surface area contributed by atoms with E-state index in [1.54, 1.807) is 15.8 Å². The zero-order chi connectivity index (χ0) is 22.3. The van der Waals surface area contributed by atoms with Crippen molar-refractivity contribution in [1.29, 1.82) is 0 Å². The summed E-state index contributed by atoms with van der Waals surface area (Å²) in [5.74, 6) is -0.665. The van der Waals surface area contributed by atoms with Crippen molar-refractivity contribution in [3.63, 3.8) is 0 Å². The van der Waals surface area contributed by atoms with Crippen molar-refractivity contribution < 1.29 is 23.4 Å². The Bertz CT molecular complexity index is 1030. The zero-order valence-electron chi connectivity index (χ0n) is 16.9. The molecule has 12 heteroatoms. The molecule has 31 heavy (non-hydrogen) atoms. The van der Waals surface area contributed by atoms with E-state index in [-0.39, 0.29) is 29.8 Å². The minimum Gasteiger partial charge on any atom is -0.616 e. The highest BCUT2D eigenvalue weighted by Gasteiger charge is 2.36. The molecule has 2 aliphatic heterocycles. The van der Waals surface area contributed by atoms with Gasteiger partial charge in [-0.15, -0.1) is 0 Å². The molecule has 3 amide bonds. The number of amides is 3. The maximum atomic E-state index is 13.4. The minimum absolute atomic E-state index is 0.0862. The molecule has 2 unspecified atom stereocenters. The third-order valence-corrected chi connectivity index (χ3v) is 6.28. The van der Waals surface area contributed by atoms with E-state index in [0.29, 0.717) is 29.9 Å². The Morgan fingerprint density at radius 3 is 2.97 bits per heavy atom. The van der Waals surface area contributed by atoms with Crippen LogP contribution in [0.15, 0.2) is 18.2 Å². The number of hydroxylamine groups is 2. The van der Waals surface area contributed by atoms with Crippen molar-refractivity contribution in [3.05, 3.63) is 46.0 Å². The summed E-state index contributed by atoms with van der Waals surface area (Å²) in [5.41, 5.74) is 2.15. The predicted molar refractivity (Wildman–Crippen MR) is 113 cm³/mol. The molecule has 4 rings (SSSR count). The van der Waals surface area contributed by atoms with Crippen LogP contribution in [0.25, 0.3) is 0 Å². The average molecular weight is 470 g/mol. The summed E-state index contributed by atoms with van der Waals surface area (Å²) < 4.78 is 26.6. The third-order valence-electron chi connectivity index (χ3n) is 5.15. The first-order chi connectivity index (χ1) is 14.7. The van der Waals surface area contributed by atoms with E-state index >= 15 is 0 Å². The van der Waals surface area contributed by atoms with Gasteiger partial charge in [-0.3, -0.25) is 14.3 Å². The molecule has 1 aromatic heterocycles. The van der Waals surface area contributed by atoms with Gasteiger partial charge in [0.15, 0.2) is 0 Å². The number of nitrogens with zero attached hydrogens (tertiary/aromatic N) is 4. The highest BCUT2D eigenvalue weighted by molar-refractivity contribution is 7.90. The Morgan fingerprint density at radius 1 is 1.48 bits per heavy atom. The van der Waals surface area contributed by atoms with Crippen molar-refractivity contribution in [1.82, 2.24) is 19.7 Å². The fourth-order valence-electron chi connectivity index (χ4n) is 3.74. The second-order valence-corrected chi connectivity index (χ2v) is 9.34. The number of halogens is 2. The maximum absolute atomic E-state index is 13.4. The number of nitrogens with one attached hydrogen (secondary N) is 1. The van der Waals surface area contributed by atoms with E-state index in [0.717, 1.165) is 10.8 Å². The summed E-state index contributed by atoms with van der Waals surface area (Å²) in [6.45, 7) is 0.890. The first-order valence-corrected chi connectivity index (χ1v) is 11.7. The number of carbonyl (C=O) groups excluding carboxylic acids is 2. The van der Waals surface area contributed by atoms with E-state index in [1.807, 2.05) is 0 Å². The molecule has 0 radical (unpaired) electrons. The molecule has 0 saturated carbocycles. The van der Waals surface area contributed by atoms with Gasteiger partial charge >= 0.3 is 6.03 Å². The molecule has 0 bridgehead atoms. The molecule has 2 aromatic rings. The van der Waals surface area contributed by atoms with Gasteiger partial charge in [0.2, 0.25) is 0 Å². The third kappa shape index (κ3) is 4.49. The van der Waals surface area contributed by atoms with Crippen LogP contribution in [-0.4, -0.2) is 67.9 Å². The van der Waals surface area contributed by atoms with Gasteiger partial charge in [-0.25, -0.2) is 14.2 Å². The second-order valence-electron chi connectivity index (χ2n) is 7.46. The Kier molecular flexibility index (Phi) is 6.11. The summed E-state index contributed by atoms with van der Waals surface area (Å²) in [7, 11) is 1.51. The number of fused-ring (bicyclic) bond motifs is 3. The molecule has 0 spiro atoms. The molecule has 0 saturated heterocycles. The first-order valence-electron chi connectivity index (χ1n) is 9.57. The number of urea groups is 1. The molecule has 166 valence electrons. The molecule has 1 aromatic carbocycles. The minimum atomic E-state index is -1.10. The van der Waals surface area contributed by atoms with Crippen LogP contribution in [0.4, 0.5) is 14.9 Å². The SMILES string of the molecule is CN1OC(C[S+](C)[O-])Cn2nc3c(c2C1=O)CN(C(=O)Nc1ccc(F)c(Cl)c1)CC3. The van der Waals surface area contributed by atoms with Gasteiger partial charge in [0, 0.05) is 31.3 Å². The molecule has 9 nitrogen and oxygen atoms in total. The van der Waals surface area contributed by atoms with E-state index in [4.69, 9.17) is 16.4 Å². The van der Waals surface area contributed by atoms with Gasteiger partial charge in [0.05, 0.1) is 30.1 Å². The van der Waals surface area contributed by atoms with E-state index in [1.165, 1.54) is 25.2 Å². The van der Waals surface area contributed by atoms with Crippen LogP contribution < -0.4 is 5.32 Å². The molecule has 0 fully saturated rings. The quantitative estimate of drug-likeness (QED) is 0.693. The molecule has 2 atom stereocenters. The lowest BCUT2D eigenvalue weighted by atomic mass is 10.1. The standard InChI is InChI=1S/C19H21ClFN5O4S/c1-24-18(27)17-13-9-25(19(28)22-11-3-4-15(21)14(20)7-11)6-5-16(13)23-26(17)8-12(30-24)10-31(2)29/h3-4,7,12H,5-6,8-10H2,1-2H3,(H,22,28). The largest absolute Gasteiger partial charge is 0.616 e. The topological polar surface area (TPSA) is 103 Å². The summed E-state index contributed by atoms with van der Waals surface area (Å²) in [6.07, 6.45) is 1.61. The highest BCUT2D eigenvalue weighted by Crippen LogP contribution is 2.27. The number of aromatic nitrogens is 2. The number of hydrogen-bond donors (Lipinski definition) is 1. The van der Waals surface area contributed by atoms with Gasteiger partial charge in [-0.2, -0.15) is 5.10 Å². The van der Waals surface area contributed by atoms with Crippen molar-refractivity contribution in [3.8, 4) is 0 Å². The molecule has 1 N–H and O–H groups in total. The van der Waals surface area contributed by atoms with Crippen molar-refractivity contribution >= 4 is 40.4 Å². The van der Waals surface area contributed by atoms with Crippen molar-refractivity contribution in [2.75, 3.05) is 30.9 Å². The zero-order valence-corrected chi connectivity index (χ0v) is 18.5. The Morgan fingerprint density at radius 2 is 2.26 bits per heavy atom. The number of benzene rings is 1. The summed E-state index contributed by atoms with van der Waals surface area (Å²) in [6, 6.07) is 3.55. The monoisotopic (exact) mass is 469 g/mol. The number of rotatable bonds is 3. The van der Waals surface area contributed by atoms with Crippen molar-refractivity contribution in [2.24, 2.45) is 0 Å². The number of hydrogen-bond acceptors (Lipinski definition) is 5. The van der Waals surface area contributed by atoms with Crippen LogP contribution in [-0.2, 0) is 35.5 Å². The van der Waals surface area contributed by atoms with E-state index < -0.39 is 29.1 Å². The molecule has 3 heterocycles. The van der Waals surface area contributed by atoms with E-state index in [2.05, 4.69) is 10.4 Å². The normalized spacial score (nSPS) is 19.5. The van der Waals surface area contributed by atoms with Gasteiger partial charge in [-0.1, -0.05) is 22.8 Å². The second kappa shape index (κ2) is 8.65. The van der Waals surface area contributed by atoms with Crippen molar-refractivity contribution in [2.45, 2.75) is 25.6 Å². The average Bonchev–Trinajstić information content (AvgIpc) is 3.01. The van der Waals surface area contributed by atoms with Crippen LogP contribution >= 0.6 is 11.6 Å². The van der Waals surface area contributed by atoms with Crippen LogP contribution in [0.3, 0.4) is 0 Å². The number of anilines is 1. The van der Waals surface area contributed by atoms with Gasteiger partial charge in [0.25, 0.3) is 5.91 Å². The maximum Gasteiger partial charge on any atom is 0.322 e. The molecular weight excluding hydrogens is 449 g/mol. The fraction of sp³-hybridized carbons (Fsp3) is 0.421. The van der Waals surface area contributed by atoms with Crippen LogP contribution in [0.5, 0.6) is 0 Å². The highest BCUT2D eigenvalue weighted by atomic mass is 35.5. The smallest absolute Gasteiger partial charge is 0.322 e. The van der Waals surface area contributed by atoms with Gasteiger partial charge in [0.1, 0.15) is 23.4 Å². The van der Waals surface area contributed by atoms with Gasteiger partial charge < -0.3 is 14.8 Å². The molecular formula is C19H21ClFN5O4S. The predicted octanol–water partition coefficient (Wildman–Crippen LogP) is 2.03. The number of carbonyl (C=O) groups is 2. The van der Waals surface area contributed by atoms with Crippen LogP contribution in [0.1, 0.15) is 21.7 Å². The fourth-order valence-corrected chi connectivity index (χ4v) is 4.61. The van der Waals surface area contributed by atoms with Crippen LogP contribution in [0.2, 0.25) is 5.02 Å². The van der Waals surface area contributed by atoms with E-state index in [9.17, 15) is 18.5 Å². The lowest BCUT2D eigenvalue weighted by Gasteiger charge is -2.27. The summed E-state index contributed by atoms with van der Waals surface area (Å²) in [5, 5.41) is 8.31. The Hall–Kier alpha value is -2.34. The lowest BCUT2D eigenvalue weighted by molar-refractivity contribution is -0.140. The Balaban J connectivity index is 1.55. The van der Waals surface area contributed by atoms with Crippen LogP contribution in [0, 0.1) is 5.82 Å². The Labute approximate surface area is 186 Å².